The number of hydrogen-bond donors (Lipinski definition) is 0. The van der Waals surface area contributed by atoms with Gasteiger partial charge in [0.2, 0.25) is 0 Å². The molecule has 0 spiro atoms. The van der Waals surface area contributed by atoms with Crippen molar-refractivity contribution in [2.45, 2.75) is 40.0 Å². The van der Waals surface area contributed by atoms with Gasteiger partial charge in [0.1, 0.15) is 6.29 Å². The van der Waals surface area contributed by atoms with Crippen molar-refractivity contribution in [3.8, 4) is 0 Å². The summed E-state index contributed by atoms with van der Waals surface area (Å²) in [5.41, 5.74) is 1.78. The minimum absolute atomic E-state index is 0.260. The predicted molar refractivity (Wildman–Crippen MR) is 50.9 cm³/mol. The minimum Gasteiger partial charge on any atom is -0.303 e. The lowest BCUT2D eigenvalue weighted by Gasteiger charge is -2.29. The molecule has 1 unspecified atom stereocenters. The van der Waals surface area contributed by atoms with Crippen LogP contribution in [0.3, 0.4) is 0 Å². The first-order valence-electron chi connectivity index (χ1n) is 4.76. The number of allylic oxidation sites excluding steroid dienone is 2. The van der Waals surface area contributed by atoms with Gasteiger partial charge < -0.3 is 4.79 Å². The first-order valence-corrected chi connectivity index (χ1v) is 4.76. The van der Waals surface area contributed by atoms with E-state index >= 15 is 0 Å². The lowest BCUT2D eigenvalue weighted by atomic mass is 9.75. The molecule has 1 heteroatoms. The van der Waals surface area contributed by atoms with E-state index in [0.29, 0.717) is 12.3 Å². The van der Waals surface area contributed by atoms with Gasteiger partial charge in [0.25, 0.3) is 0 Å². The van der Waals surface area contributed by atoms with Crippen LogP contribution >= 0.6 is 0 Å². The van der Waals surface area contributed by atoms with E-state index in [1.54, 1.807) is 0 Å². The average Bonchev–Trinajstić information content (AvgIpc) is 2.28. The predicted octanol–water partition coefficient (Wildman–Crippen LogP) is 2.96. The summed E-state index contributed by atoms with van der Waals surface area (Å²) in [6.07, 6.45) is 6.30. The van der Waals surface area contributed by atoms with Crippen molar-refractivity contribution in [2.75, 3.05) is 0 Å². The molecule has 0 radical (unpaired) electrons. The second-order valence-electron chi connectivity index (χ2n) is 4.14. The third-order valence-corrected chi connectivity index (χ3v) is 3.26. The highest BCUT2D eigenvalue weighted by Gasteiger charge is 2.35. The minimum atomic E-state index is 0.260. The lowest BCUT2D eigenvalue weighted by molar-refractivity contribution is -0.109. The van der Waals surface area contributed by atoms with Crippen LogP contribution in [0.15, 0.2) is 11.6 Å². The molecule has 1 aliphatic rings. The normalized spacial score (nSPS) is 26.9. The lowest BCUT2D eigenvalue weighted by Crippen LogP contribution is -2.21. The Balaban J connectivity index is 2.71. The van der Waals surface area contributed by atoms with Crippen LogP contribution < -0.4 is 0 Å². The molecule has 0 aromatic carbocycles. The summed E-state index contributed by atoms with van der Waals surface area (Å²) in [4.78, 5) is 10.4. The first-order chi connectivity index (χ1) is 5.62. The van der Waals surface area contributed by atoms with Gasteiger partial charge in [-0.1, -0.05) is 32.4 Å². The van der Waals surface area contributed by atoms with Gasteiger partial charge in [-0.05, 0) is 24.2 Å². The van der Waals surface area contributed by atoms with Crippen LogP contribution in [0.2, 0.25) is 0 Å². The van der Waals surface area contributed by atoms with Gasteiger partial charge in [-0.25, -0.2) is 0 Å². The second kappa shape index (κ2) is 3.42. The van der Waals surface area contributed by atoms with Crippen LogP contribution in [0, 0.1) is 11.3 Å². The van der Waals surface area contributed by atoms with E-state index in [2.05, 4.69) is 26.8 Å². The van der Waals surface area contributed by atoms with Crippen LogP contribution in [-0.2, 0) is 4.79 Å². The Bertz CT molecular complexity index is 201. The summed E-state index contributed by atoms with van der Waals surface area (Å²) in [7, 11) is 0. The molecule has 0 saturated carbocycles. The van der Waals surface area contributed by atoms with Gasteiger partial charge in [-0.15, -0.1) is 0 Å². The van der Waals surface area contributed by atoms with Gasteiger partial charge in [0.05, 0.1) is 0 Å². The van der Waals surface area contributed by atoms with E-state index < -0.39 is 0 Å². The van der Waals surface area contributed by atoms with Crippen LogP contribution in [0.25, 0.3) is 0 Å². The Labute approximate surface area is 74.9 Å². The third kappa shape index (κ3) is 1.45. The largest absolute Gasteiger partial charge is 0.303 e. The molecule has 68 valence electrons. The fourth-order valence-corrected chi connectivity index (χ4v) is 2.21. The SMILES string of the molecule is CCC1=CCC(CC=O)C1(C)C. The highest BCUT2D eigenvalue weighted by molar-refractivity contribution is 5.50. The van der Waals surface area contributed by atoms with Crippen molar-refractivity contribution in [2.24, 2.45) is 11.3 Å². The van der Waals surface area contributed by atoms with Crippen molar-refractivity contribution in [1.29, 1.82) is 0 Å². The Hall–Kier alpha value is -0.590. The van der Waals surface area contributed by atoms with Gasteiger partial charge in [-0.2, -0.15) is 0 Å². The topological polar surface area (TPSA) is 17.1 Å². The average molecular weight is 166 g/mol. The molecule has 1 nitrogen and oxygen atoms in total. The molecule has 0 aromatic heterocycles. The van der Waals surface area contributed by atoms with E-state index in [4.69, 9.17) is 0 Å². The van der Waals surface area contributed by atoms with E-state index in [1.165, 1.54) is 5.57 Å². The van der Waals surface area contributed by atoms with E-state index in [1.807, 2.05) is 0 Å². The monoisotopic (exact) mass is 166 g/mol. The van der Waals surface area contributed by atoms with E-state index in [0.717, 1.165) is 19.1 Å². The van der Waals surface area contributed by atoms with E-state index in [9.17, 15) is 4.79 Å². The van der Waals surface area contributed by atoms with Crippen LogP contribution in [0.5, 0.6) is 0 Å². The Morgan fingerprint density at radius 1 is 1.67 bits per heavy atom. The van der Waals surface area contributed by atoms with Gasteiger partial charge in [0, 0.05) is 6.42 Å². The Morgan fingerprint density at radius 3 is 2.75 bits per heavy atom. The molecule has 0 heterocycles. The van der Waals surface area contributed by atoms with Crippen LogP contribution in [0.4, 0.5) is 0 Å². The number of hydrogen-bond acceptors (Lipinski definition) is 1. The molecule has 1 rings (SSSR count). The number of aldehydes is 1. The fraction of sp³-hybridized carbons (Fsp3) is 0.727. The molecule has 0 aliphatic heterocycles. The molecule has 0 N–H and O–H groups in total. The molecule has 0 bridgehead atoms. The zero-order chi connectivity index (χ0) is 9.19. The Kier molecular flexibility index (Phi) is 2.71. The van der Waals surface area contributed by atoms with Crippen molar-refractivity contribution in [3.05, 3.63) is 11.6 Å². The fourth-order valence-electron chi connectivity index (χ4n) is 2.21. The Morgan fingerprint density at radius 2 is 2.33 bits per heavy atom. The van der Waals surface area contributed by atoms with Crippen molar-refractivity contribution in [3.63, 3.8) is 0 Å². The molecule has 1 atom stereocenters. The molecule has 12 heavy (non-hydrogen) atoms. The van der Waals surface area contributed by atoms with Gasteiger partial charge >= 0.3 is 0 Å². The summed E-state index contributed by atoms with van der Waals surface area (Å²) in [6, 6.07) is 0. The van der Waals surface area contributed by atoms with E-state index in [-0.39, 0.29) is 5.41 Å². The van der Waals surface area contributed by atoms with Crippen LogP contribution in [0.1, 0.15) is 40.0 Å². The van der Waals surface area contributed by atoms with Crippen LogP contribution in [-0.4, -0.2) is 6.29 Å². The molecule has 0 amide bonds. The third-order valence-electron chi connectivity index (χ3n) is 3.26. The molecular formula is C11H18O. The standard InChI is InChI=1S/C11H18O/c1-4-9-5-6-10(7-8-12)11(9,2)3/h5,8,10H,4,6-7H2,1-3H3. The number of rotatable bonds is 3. The van der Waals surface area contributed by atoms with Crippen molar-refractivity contribution in [1.82, 2.24) is 0 Å². The van der Waals surface area contributed by atoms with Gasteiger partial charge in [-0.3, -0.25) is 0 Å². The van der Waals surface area contributed by atoms with Crippen molar-refractivity contribution < 1.29 is 4.79 Å². The maximum atomic E-state index is 10.4. The maximum Gasteiger partial charge on any atom is 0.120 e. The number of carbonyl (C=O) groups excluding carboxylic acids is 1. The zero-order valence-electron chi connectivity index (χ0n) is 8.26. The smallest absolute Gasteiger partial charge is 0.120 e. The quantitative estimate of drug-likeness (QED) is 0.465. The second-order valence-corrected chi connectivity index (χ2v) is 4.14. The molecule has 1 aliphatic carbocycles. The number of carbonyl (C=O) groups is 1. The highest BCUT2D eigenvalue weighted by Crippen LogP contribution is 2.45. The maximum absolute atomic E-state index is 10.4. The molecule has 0 fully saturated rings. The first kappa shape index (κ1) is 9.50. The zero-order valence-corrected chi connectivity index (χ0v) is 8.26. The molecule has 0 saturated heterocycles. The molecule has 0 aromatic rings. The summed E-state index contributed by atoms with van der Waals surface area (Å²) in [5.74, 6) is 0.546. The van der Waals surface area contributed by atoms with Crippen molar-refractivity contribution >= 4 is 6.29 Å². The molecular weight excluding hydrogens is 148 g/mol. The summed E-state index contributed by atoms with van der Waals surface area (Å²) in [6.45, 7) is 6.70. The van der Waals surface area contributed by atoms with Gasteiger partial charge in [0.15, 0.2) is 0 Å². The highest BCUT2D eigenvalue weighted by atomic mass is 16.1. The summed E-state index contributed by atoms with van der Waals surface area (Å²) < 4.78 is 0. The summed E-state index contributed by atoms with van der Waals surface area (Å²) in [5, 5.41) is 0. The summed E-state index contributed by atoms with van der Waals surface area (Å²) >= 11 is 0.